The second-order valence-corrected chi connectivity index (χ2v) is 9.30. The SMILES string of the molecule is Cc1ccc(OC(=O)[C@@H]2CCC(=O)N2)c([C@H](CCN(C(C)C)C(C)C)c2ccccc2)c1. The minimum Gasteiger partial charge on any atom is -0.425 e. The van der Waals surface area contributed by atoms with Crippen molar-refractivity contribution in [2.75, 3.05) is 6.54 Å². The predicted octanol–water partition coefficient (Wildman–Crippen LogP) is 4.82. The van der Waals surface area contributed by atoms with Gasteiger partial charge >= 0.3 is 5.97 Å². The van der Waals surface area contributed by atoms with Gasteiger partial charge in [-0.3, -0.25) is 9.69 Å². The van der Waals surface area contributed by atoms with E-state index in [1.807, 2.05) is 18.2 Å². The highest BCUT2D eigenvalue weighted by atomic mass is 16.5. The van der Waals surface area contributed by atoms with E-state index in [9.17, 15) is 9.59 Å². The van der Waals surface area contributed by atoms with Crippen molar-refractivity contribution in [1.82, 2.24) is 10.2 Å². The number of esters is 1. The van der Waals surface area contributed by atoms with Gasteiger partial charge in [0.2, 0.25) is 5.91 Å². The molecule has 2 aromatic carbocycles. The summed E-state index contributed by atoms with van der Waals surface area (Å²) in [7, 11) is 0. The van der Waals surface area contributed by atoms with Crippen LogP contribution in [0.3, 0.4) is 0 Å². The summed E-state index contributed by atoms with van der Waals surface area (Å²) in [6.07, 6.45) is 1.76. The summed E-state index contributed by atoms with van der Waals surface area (Å²) in [6.45, 7) is 11.9. The summed E-state index contributed by atoms with van der Waals surface area (Å²) in [4.78, 5) is 26.8. The van der Waals surface area contributed by atoms with Crippen molar-refractivity contribution in [3.8, 4) is 5.75 Å². The molecule has 0 spiro atoms. The van der Waals surface area contributed by atoms with Gasteiger partial charge < -0.3 is 10.1 Å². The maximum Gasteiger partial charge on any atom is 0.334 e. The molecule has 172 valence electrons. The quantitative estimate of drug-likeness (QED) is 0.452. The molecule has 1 N–H and O–H groups in total. The monoisotopic (exact) mass is 436 g/mol. The molecule has 0 saturated carbocycles. The Kier molecular flexibility index (Phi) is 8.08. The maximum absolute atomic E-state index is 12.8. The van der Waals surface area contributed by atoms with Crippen LogP contribution in [0, 0.1) is 6.92 Å². The first-order chi connectivity index (χ1) is 15.3. The number of nitrogens with one attached hydrogen (secondary N) is 1. The highest BCUT2D eigenvalue weighted by Gasteiger charge is 2.30. The Bertz CT molecular complexity index is 916. The largest absolute Gasteiger partial charge is 0.425 e. The zero-order valence-electron chi connectivity index (χ0n) is 19.9. The summed E-state index contributed by atoms with van der Waals surface area (Å²) in [5.74, 6) is 0.188. The molecule has 0 radical (unpaired) electrons. The van der Waals surface area contributed by atoms with E-state index >= 15 is 0 Å². The van der Waals surface area contributed by atoms with Crippen LogP contribution < -0.4 is 10.1 Å². The Labute approximate surface area is 192 Å². The van der Waals surface area contributed by atoms with Gasteiger partial charge in [0, 0.05) is 30.0 Å². The minimum atomic E-state index is -0.566. The Balaban J connectivity index is 1.92. The number of nitrogens with zero attached hydrogens (tertiary/aromatic N) is 1. The summed E-state index contributed by atoms with van der Waals surface area (Å²) >= 11 is 0. The van der Waals surface area contributed by atoms with Crippen LogP contribution in [0.25, 0.3) is 0 Å². The van der Waals surface area contributed by atoms with Gasteiger partial charge in [-0.1, -0.05) is 48.0 Å². The minimum absolute atomic E-state index is 0.0945. The number of amides is 1. The van der Waals surface area contributed by atoms with Crippen LogP contribution >= 0.6 is 0 Å². The summed E-state index contributed by atoms with van der Waals surface area (Å²) < 4.78 is 5.87. The number of hydrogen-bond acceptors (Lipinski definition) is 4. The Morgan fingerprint density at radius 2 is 1.78 bits per heavy atom. The van der Waals surface area contributed by atoms with Crippen LogP contribution in [-0.2, 0) is 9.59 Å². The second-order valence-electron chi connectivity index (χ2n) is 9.30. The lowest BCUT2D eigenvalue weighted by Gasteiger charge is -2.32. The third-order valence-electron chi connectivity index (χ3n) is 6.24. The highest BCUT2D eigenvalue weighted by molar-refractivity contribution is 5.89. The molecule has 2 aromatic rings. The highest BCUT2D eigenvalue weighted by Crippen LogP contribution is 2.36. The van der Waals surface area contributed by atoms with Gasteiger partial charge in [0.1, 0.15) is 11.8 Å². The molecule has 1 saturated heterocycles. The van der Waals surface area contributed by atoms with Crippen molar-refractivity contribution in [3.05, 3.63) is 65.2 Å². The van der Waals surface area contributed by atoms with E-state index in [1.54, 1.807) is 0 Å². The van der Waals surface area contributed by atoms with E-state index in [-0.39, 0.29) is 11.8 Å². The van der Waals surface area contributed by atoms with Crippen molar-refractivity contribution < 1.29 is 14.3 Å². The lowest BCUT2D eigenvalue weighted by molar-refractivity contribution is -0.137. The molecular weight excluding hydrogens is 400 g/mol. The first-order valence-electron chi connectivity index (χ1n) is 11.7. The maximum atomic E-state index is 12.8. The van der Waals surface area contributed by atoms with Crippen LogP contribution in [0.5, 0.6) is 5.75 Å². The molecule has 1 heterocycles. The number of rotatable bonds is 9. The Morgan fingerprint density at radius 3 is 2.38 bits per heavy atom. The van der Waals surface area contributed by atoms with Crippen molar-refractivity contribution in [3.63, 3.8) is 0 Å². The topological polar surface area (TPSA) is 58.6 Å². The molecule has 1 aliphatic rings. The fraction of sp³-hybridized carbons (Fsp3) is 0.481. The van der Waals surface area contributed by atoms with Crippen LogP contribution in [0.4, 0.5) is 0 Å². The molecule has 0 aliphatic carbocycles. The van der Waals surface area contributed by atoms with Gasteiger partial charge in [0.15, 0.2) is 0 Å². The molecule has 0 bridgehead atoms. The third-order valence-corrected chi connectivity index (χ3v) is 6.24. The lowest BCUT2D eigenvalue weighted by Crippen LogP contribution is -2.38. The Hall–Kier alpha value is -2.66. The molecule has 32 heavy (non-hydrogen) atoms. The van der Waals surface area contributed by atoms with Gasteiger partial charge in [-0.2, -0.15) is 0 Å². The number of ether oxygens (including phenoxy) is 1. The van der Waals surface area contributed by atoms with Crippen LogP contribution in [0.1, 0.15) is 69.6 Å². The average Bonchev–Trinajstić information content (AvgIpc) is 3.19. The first-order valence-corrected chi connectivity index (χ1v) is 11.7. The van der Waals surface area contributed by atoms with Crippen molar-refractivity contribution in [2.45, 2.75) is 77.9 Å². The van der Waals surface area contributed by atoms with E-state index < -0.39 is 12.0 Å². The average molecular weight is 437 g/mol. The van der Waals surface area contributed by atoms with Gasteiger partial charge in [-0.25, -0.2) is 4.79 Å². The molecule has 0 unspecified atom stereocenters. The van der Waals surface area contributed by atoms with E-state index in [2.05, 4.69) is 75.2 Å². The van der Waals surface area contributed by atoms with Crippen molar-refractivity contribution >= 4 is 11.9 Å². The first kappa shape index (κ1) is 24.0. The fourth-order valence-corrected chi connectivity index (χ4v) is 4.58. The smallest absolute Gasteiger partial charge is 0.334 e. The van der Waals surface area contributed by atoms with Crippen LogP contribution in [0.15, 0.2) is 48.5 Å². The lowest BCUT2D eigenvalue weighted by atomic mass is 9.86. The number of carbonyl (C=O) groups excluding carboxylic acids is 2. The molecule has 5 nitrogen and oxygen atoms in total. The number of benzene rings is 2. The van der Waals surface area contributed by atoms with Gasteiger partial charge in [-0.05, 0) is 65.6 Å². The molecule has 2 atom stereocenters. The molecule has 1 aliphatic heterocycles. The summed E-state index contributed by atoms with van der Waals surface area (Å²) in [5.41, 5.74) is 3.35. The van der Waals surface area contributed by atoms with Gasteiger partial charge in [0.05, 0.1) is 0 Å². The van der Waals surface area contributed by atoms with Gasteiger partial charge in [0.25, 0.3) is 0 Å². The number of hydrogen-bond donors (Lipinski definition) is 1. The molecule has 1 amide bonds. The van der Waals surface area contributed by atoms with Crippen LogP contribution in [-0.4, -0.2) is 41.4 Å². The normalized spacial score (nSPS) is 17.1. The number of carbonyl (C=O) groups is 2. The van der Waals surface area contributed by atoms with E-state index in [1.165, 1.54) is 5.56 Å². The Morgan fingerprint density at radius 1 is 1.09 bits per heavy atom. The summed E-state index contributed by atoms with van der Waals surface area (Å²) in [6, 6.07) is 16.7. The van der Waals surface area contributed by atoms with E-state index in [0.29, 0.717) is 30.7 Å². The van der Waals surface area contributed by atoms with Gasteiger partial charge in [-0.15, -0.1) is 0 Å². The van der Waals surface area contributed by atoms with Crippen molar-refractivity contribution in [2.24, 2.45) is 0 Å². The molecule has 1 fully saturated rings. The molecular formula is C27H36N2O3. The zero-order valence-corrected chi connectivity index (χ0v) is 19.9. The predicted molar refractivity (Wildman–Crippen MR) is 128 cm³/mol. The second kappa shape index (κ2) is 10.8. The molecule has 3 rings (SSSR count). The third kappa shape index (κ3) is 5.98. The molecule has 0 aromatic heterocycles. The van der Waals surface area contributed by atoms with Crippen molar-refractivity contribution in [1.29, 1.82) is 0 Å². The number of aryl methyl sites for hydroxylation is 1. The fourth-order valence-electron chi connectivity index (χ4n) is 4.58. The standard InChI is InChI=1S/C27H36N2O3/c1-18(2)29(19(3)4)16-15-22(21-9-7-6-8-10-21)23-17-20(5)11-13-25(23)32-27(31)24-12-14-26(30)28-24/h6-11,13,17-19,22,24H,12,14-16H2,1-5H3,(H,28,30)/t22-,24+/m1/s1. The zero-order chi connectivity index (χ0) is 23.3. The molecule has 5 heteroatoms. The van der Waals surface area contributed by atoms with E-state index in [4.69, 9.17) is 4.74 Å². The van der Waals surface area contributed by atoms with E-state index in [0.717, 1.165) is 24.1 Å². The summed E-state index contributed by atoms with van der Waals surface area (Å²) in [5, 5.41) is 2.71. The van der Waals surface area contributed by atoms with Crippen LogP contribution in [0.2, 0.25) is 0 Å².